The quantitative estimate of drug-likeness (QED) is 0.364. The number of phenols is 1. The summed E-state index contributed by atoms with van der Waals surface area (Å²) < 4.78 is 0. The number of nitrogens with zero attached hydrogens (tertiary/aromatic N) is 2. The topological polar surface area (TPSA) is 43.8 Å². The Kier molecular flexibility index (Phi) is 7.68. The van der Waals surface area contributed by atoms with Gasteiger partial charge < -0.3 is 10.0 Å². The fraction of sp³-hybridized carbons (Fsp3) is 0.344. The number of piperidine rings is 1. The zero-order valence-corrected chi connectivity index (χ0v) is 22.4. The third kappa shape index (κ3) is 5.46. The normalized spacial score (nSPS) is 19.2. The number of carbonyl (C=O) groups excluding carboxylic acids is 1. The van der Waals surface area contributed by atoms with Crippen LogP contribution < -0.4 is 0 Å². The Hall–Kier alpha value is -3.08. The molecule has 2 saturated heterocycles. The van der Waals surface area contributed by atoms with E-state index >= 15 is 0 Å². The maximum atomic E-state index is 12.9. The molecule has 1 N–H and O–H groups in total. The number of phenolic OH excluding ortho intramolecular Hbond substituents is 1. The first-order valence-corrected chi connectivity index (χ1v) is 13.8. The molecule has 2 heterocycles. The van der Waals surface area contributed by atoms with E-state index in [1.165, 1.54) is 29.6 Å². The number of aromatic hydroxyl groups is 1. The molecule has 2 aliphatic heterocycles. The highest BCUT2D eigenvalue weighted by Crippen LogP contribution is 2.44. The molecule has 2 bridgehead atoms. The largest absolute Gasteiger partial charge is 0.508 e. The van der Waals surface area contributed by atoms with Crippen molar-refractivity contribution in [1.82, 2.24) is 9.80 Å². The van der Waals surface area contributed by atoms with E-state index in [-0.39, 0.29) is 11.7 Å². The Morgan fingerprint density at radius 1 is 0.892 bits per heavy atom. The van der Waals surface area contributed by atoms with E-state index in [9.17, 15) is 9.90 Å². The Morgan fingerprint density at radius 3 is 2.11 bits per heavy atom. The number of hydrogen-bond donors (Lipinski definition) is 1. The highest BCUT2D eigenvalue weighted by atomic mass is 35.5. The monoisotopic (exact) mass is 514 g/mol. The molecule has 3 aromatic rings. The summed E-state index contributed by atoms with van der Waals surface area (Å²) in [4.78, 5) is 17.4. The van der Waals surface area contributed by atoms with Crippen molar-refractivity contribution in [3.8, 4) is 5.75 Å². The third-order valence-electron chi connectivity index (χ3n) is 7.97. The lowest BCUT2D eigenvalue weighted by molar-refractivity contribution is 0.0773. The Labute approximate surface area is 225 Å². The number of hydrogen-bond acceptors (Lipinski definition) is 3. The van der Waals surface area contributed by atoms with Crippen LogP contribution in [-0.2, 0) is 6.54 Å². The van der Waals surface area contributed by atoms with Gasteiger partial charge in [-0.2, -0.15) is 0 Å². The molecule has 0 aliphatic carbocycles. The van der Waals surface area contributed by atoms with Gasteiger partial charge in [0.15, 0.2) is 0 Å². The van der Waals surface area contributed by atoms with Crippen molar-refractivity contribution in [2.24, 2.45) is 0 Å². The molecule has 4 nitrogen and oxygen atoms in total. The van der Waals surface area contributed by atoms with E-state index in [0.717, 1.165) is 35.5 Å². The first kappa shape index (κ1) is 25.6. The average molecular weight is 515 g/mol. The standard InChI is InChI=1S/C32H35ClN2O2/c1-3-34(4-2)32(37)24-12-10-23(11-13-24)31(25-6-5-7-30(36)20-25)26-18-28-16-17-29(19-26)35(28)21-22-8-14-27(33)15-9-22/h5-15,20,28-29,36H,3-4,16-19,21H2,1-2H3. The molecule has 0 radical (unpaired) electrons. The van der Waals surface area contributed by atoms with Gasteiger partial charge in [0, 0.05) is 42.3 Å². The van der Waals surface area contributed by atoms with Gasteiger partial charge in [0.2, 0.25) is 0 Å². The fourth-order valence-corrected chi connectivity index (χ4v) is 6.20. The molecule has 37 heavy (non-hydrogen) atoms. The van der Waals surface area contributed by atoms with Crippen molar-refractivity contribution >= 4 is 23.1 Å². The van der Waals surface area contributed by atoms with Crippen LogP contribution in [0.2, 0.25) is 5.02 Å². The van der Waals surface area contributed by atoms with Crippen LogP contribution in [0.5, 0.6) is 5.75 Å². The lowest BCUT2D eigenvalue weighted by Crippen LogP contribution is -2.40. The molecule has 0 aromatic heterocycles. The van der Waals surface area contributed by atoms with E-state index in [2.05, 4.69) is 35.2 Å². The van der Waals surface area contributed by atoms with Gasteiger partial charge in [0.25, 0.3) is 5.91 Å². The maximum Gasteiger partial charge on any atom is 0.253 e. The first-order chi connectivity index (χ1) is 18.0. The van der Waals surface area contributed by atoms with Gasteiger partial charge >= 0.3 is 0 Å². The molecule has 2 atom stereocenters. The van der Waals surface area contributed by atoms with E-state index in [4.69, 9.17) is 11.6 Å². The molecular formula is C32H35ClN2O2. The minimum Gasteiger partial charge on any atom is -0.508 e. The van der Waals surface area contributed by atoms with Gasteiger partial charge in [0.1, 0.15) is 5.75 Å². The van der Waals surface area contributed by atoms with E-state index in [0.29, 0.717) is 30.7 Å². The van der Waals surface area contributed by atoms with Crippen LogP contribution in [0.15, 0.2) is 78.4 Å². The Morgan fingerprint density at radius 2 is 1.51 bits per heavy atom. The van der Waals surface area contributed by atoms with E-state index in [1.807, 2.05) is 55.1 Å². The number of benzene rings is 3. The minimum atomic E-state index is 0.0664. The van der Waals surface area contributed by atoms with Gasteiger partial charge in [-0.05, 0) is 98.2 Å². The van der Waals surface area contributed by atoms with Crippen LogP contribution in [0, 0.1) is 0 Å². The van der Waals surface area contributed by atoms with E-state index in [1.54, 1.807) is 6.07 Å². The van der Waals surface area contributed by atoms with Crippen LogP contribution in [0.4, 0.5) is 0 Å². The molecule has 1 amide bonds. The predicted octanol–water partition coefficient (Wildman–Crippen LogP) is 7.16. The minimum absolute atomic E-state index is 0.0664. The van der Waals surface area contributed by atoms with Crippen molar-refractivity contribution in [1.29, 1.82) is 0 Å². The molecule has 5 heteroatoms. The van der Waals surface area contributed by atoms with Gasteiger partial charge in [-0.15, -0.1) is 0 Å². The van der Waals surface area contributed by atoms with Gasteiger partial charge in [-0.1, -0.05) is 53.6 Å². The Balaban J connectivity index is 1.47. The fourth-order valence-electron chi connectivity index (χ4n) is 6.08. The summed E-state index contributed by atoms with van der Waals surface area (Å²) in [5.74, 6) is 0.337. The van der Waals surface area contributed by atoms with Crippen molar-refractivity contribution in [3.05, 3.63) is 106 Å². The van der Waals surface area contributed by atoms with Gasteiger partial charge in [0.05, 0.1) is 0 Å². The second-order valence-electron chi connectivity index (χ2n) is 10.2. The Bertz CT molecular complexity index is 1260. The lowest BCUT2D eigenvalue weighted by atomic mass is 9.85. The molecule has 2 unspecified atom stereocenters. The summed E-state index contributed by atoms with van der Waals surface area (Å²) in [5.41, 5.74) is 6.78. The summed E-state index contributed by atoms with van der Waals surface area (Å²) in [6, 6.07) is 24.8. The summed E-state index contributed by atoms with van der Waals surface area (Å²) >= 11 is 6.10. The van der Waals surface area contributed by atoms with Crippen LogP contribution in [0.25, 0.3) is 5.57 Å². The zero-order chi connectivity index (χ0) is 25.9. The molecule has 5 rings (SSSR count). The summed E-state index contributed by atoms with van der Waals surface area (Å²) in [5, 5.41) is 11.1. The second kappa shape index (κ2) is 11.1. The summed E-state index contributed by atoms with van der Waals surface area (Å²) in [6.07, 6.45) is 4.42. The third-order valence-corrected chi connectivity index (χ3v) is 8.23. The molecule has 3 aromatic carbocycles. The van der Waals surface area contributed by atoms with Crippen LogP contribution in [0.3, 0.4) is 0 Å². The number of rotatable bonds is 7. The zero-order valence-electron chi connectivity index (χ0n) is 21.7. The van der Waals surface area contributed by atoms with Gasteiger partial charge in [-0.25, -0.2) is 0 Å². The summed E-state index contributed by atoms with van der Waals surface area (Å²) in [6.45, 7) is 6.36. The SMILES string of the molecule is CCN(CC)C(=O)c1ccc(C(=C2CC3CCC(C2)N3Cc2ccc(Cl)cc2)c2cccc(O)c2)cc1. The molecule has 0 spiro atoms. The number of halogens is 1. The number of fused-ring (bicyclic) bond motifs is 2. The molecule has 2 fully saturated rings. The van der Waals surface area contributed by atoms with Crippen molar-refractivity contribution in [3.63, 3.8) is 0 Å². The molecule has 2 aliphatic rings. The van der Waals surface area contributed by atoms with Gasteiger partial charge in [-0.3, -0.25) is 9.69 Å². The van der Waals surface area contributed by atoms with Crippen LogP contribution in [-0.4, -0.2) is 46.0 Å². The van der Waals surface area contributed by atoms with Crippen molar-refractivity contribution < 1.29 is 9.90 Å². The molecular weight excluding hydrogens is 480 g/mol. The summed E-state index contributed by atoms with van der Waals surface area (Å²) in [7, 11) is 0. The second-order valence-corrected chi connectivity index (χ2v) is 10.6. The predicted molar refractivity (Wildman–Crippen MR) is 151 cm³/mol. The molecule has 192 valence electrons. The number of amides is 1. The van der Waals surface area contributed by atoms with Crippen molar-refractivity contribution in [2.75, 3.05) is 13.1 Å². The number of carbonyl (C=O) groups is 1. The highest BCUT2D eigenvalue weighted by Gasteiger charge is 2.39. The molecule has 0 saturated carbocycles. The van der Waals surface area contributed by atoms with Crippen molar-refractivity contribution in [2.45, 2.75) is 58.2 Å². The van der Waals surface area contributed by atoms with Crippen LogP contribution >= 0.6 is 11.6 Å². The first-order valence-electron chi connectivity index (χ1n) is 13.4. The average Bonchev–Trinajstić information content (AvgIpc) is 3.13. The maximum absolute atomic E-state index is 12.9. The lowest BCUT2D eigenvalue weighted by Gasteiger charge is -2.37. The van der Waals surface area contributed by atoms with Crippen LogP contribution in [0.1, 0.15) is 66.6 Å². The highest BCUT2D eigenvalue weighted by molar-refractivity contribution is 6.30. The van der Waals surface area contributed by atoms with E-state index < -0.39 is 0 Å². The smallest absolute Gasteiger partial charge is 0.253 e.